The van der Waals surface area contributed by atoms with E-state index in [1.165, 1.54) is 18.4 Å². The number of halogens is 2. The highest BCUT2D eigenvalue weighted by Gasteiger charge is 2.25. The van der Waals surface area contributed by atoms with E-state index in [1.54, 1.807) is 0 Å². The molecular formula is C27H29Cl2N3O3S. The predicted octanol–water partition coefficient (Wildman–Crippen LogP) is 5.88. The van der Waals surface area contributed by atoms with Gasteiger partial charge in [-0.1, -0.05) is 53.0 Å². The summed E-state index contributed by atoms with van der Waals surface area (Å²) < 4.78 is 5.06. The van der Waals surface area contributed by atoms with Gasteiger partial charge in [-0.3, -0.25) is 14.6 Å². The van der Waals surface area contributed by atoms with E-state index in [0.29, 0.717) is 20.6 Å². The van der Waals surface area contributed by atoms with Crippen molar-refractivity contribution >= 4 is 51.4 Å². The Bertz CT molecular complexity index is 1270. The molecule has 0 radical (unpaired) electrons. The number of esters is 1. The Hall–Kier alpha value is -2.42. The molecule has 1 amide bonds. The van der Waals surface area contributed by atoms with E-state index >= 15 is 0 Å². The van der Waals surface area contributed by atoms with E-state index < -0.39 is 5.97 Å². The monoisotopic (exact) mass is 545 g/mol. The van der Waals surface area contributed by atoms with Crippen molar-refractivity contribution in [2.45, 2.75) is 20.4 Å². The van der Waals surface area contributed by atoms with Crippen LogP contribution in [0.4, 0.5) is 5.00 Å². The summed E-state index contributed by atoms with van der Waals surface area (Å²) in [4.78, 5) is 30.1. The number of ether oxygens (including phenoxy) is 1. The third-order valence-electron chi connectivity index (χ3n) is 6.34. The summed E-state index contributed by atoms with van der Waals surface area (Å²) in [5, 5.41) is 6.49. The SMILES string of the molecule is COC(=O)c1c(-c2cc(C)ccc2C)csc1NC(=O)CN1CCN(Cc2ccc(Cl)c(Cl)c2)CC1. The maximum Gasteiger partial charge on any atom is 0.341 e. The number of hydrogen-bond acceptors (Lipinski definition) is 6. The Morgan fingerprint density at radius 3 is 2.39 bits per heavy atom. The van der Waals surface area contributed by atoms with Gasteiger partial charge in [0.05, 0.1) is 23.7 Å². The smallest absolute Gasteiger partial charge is 0.341 e. The van der Waals surface area contributed by atoms with E-state index in [1.807, 2.05) is 55.6 Å². The summed E-state index contributed by atoms with van der Waals surface area (Å²) in [5.41, 5.74) is 5.41. The number of carbonyl (C=O) groups is 2. The quantitative estimate of drug-likeness (QED) is 0.375. The molecule has 1 aliphatic rings. The summed E-state index contributed by atoms with van der Waals surface area (Å²) in [5.74, 6) is -0.606. The van der Waals surface area contributed by atoms with Crippen LogP contribution in [-0.4, -0.2) is 61.5 Å². The van der Waals surface area contributed by atoms with Crippen LogP contribution >= 0.6 is 34.5 Å². The number of nitrogens with one attached hydrogen (secondary N) is 1. The second-order valence-corrected chi connectivity index (χ2v) is 10.7. The molecule has 1 N–H and O–H groups in total. The van der Waals surface area contributed by atoms with E-state index in [9.17, 15) is 9.59 Å². The van der Waals surface area contributed by atoms with Crippen molar-refractivity contribution in [3.8, 4) is 11.1 Å². The molecule has 0 atom stereocenters. The summed E-state index contributed by atoms with van der Waals surface area (Å²) >= 11 is 13.5. The molecule has 2 heterocycles. The van der Waals surface area contributed by atoms with Crippen molar-refractivity contribution in [3.05, 3.63) is 74.1 Å². The highest BCUT2D eigenvalue weighted by Crippen LogP contribution is 2.38. The second-order valence-electron chi connectivity index (χ2n) is 9.01. The average molecular weight is 547 g/mol. The van der Waals surface area contributed by atoms with E-state index in [0.717, 1.165) is 60.5 Å². The van der Waals surface area contributed by atoms with Crippen LogP contribution in [-0.2, 0) is 16.1 Å². The highest BCUT2D eigenvalue weighted by atomic mass is 35.5. The molecule has 9 heteroatoms. The van der Waals surface area contributed by atoms with Crippen LogP contribution in [0.2, 0.25) is 10.0 Å². The fourth-order valence-corrected chi connectivity index (χ4v) is 5.63. The number of piperazine rings is 1. The van der Waals surface area contributed by atoms with Gasteiger partial charge >= 0.3 is 5.97 Å². The summed E-state index contributed by atoms with van der Waals surface area (Å²) in [6, 6.07) is 11.8. The molecule has 36 heavy (non-hydrogen) atoms. The number of benzene rings is 2. The number of carbonyl (C=O) groups excluding carboxylic acids is 2. The van der Waals surface area contributed by atoms with Crippen LogP contribution in [0.3, 0.4) is 0 Å². The van der Waals surface area contributed by atoms with Gasteiger partial charge in [-0.25, -0.2) is 4.79 Å². The van der Waals surface area contributed by atoms with Gasteiger partial charge in [0.15, 0.2) is 0 Å². The first kappa shape index (κ1) is 26.6. The maximum atomic E-state index is 12.9. The summed E-state index contributed by atoms with van der Waals surface area (Å²) in [6.45, 7) is 8.31. The molecule has 1 fully saturated rings. The molecule has 2 aromatic carbocycles. The second kappa shape index (κ2) is 11.8. The molecule has 0 unspecified atom stereocenters. The number of methoxy groups -OCH3 is 1. The van der Waals surface area contributed by atoms with Crippen LogP contribution in [0.5, 0.6) is 0 Å². The van der Waals surface area contributed by atoms with E-state index in [4.69, 9.17) is 27.9 Å². The summed E-state index contributed by atoms with van der Waals surface area (Å²) in [6.07, 6.45) is 0. The molecule has 3 aromatic rings. The summed E-state index contributed by atoms with van der Waals surface area (Å²) in [7, 11) is 1.36. The first-order valence-corrected chi connectivity index (χ1v) is 13.3. The van der Waals surface area contributed by atoms with Gasteiger partial charge in [-0.15, -0.1) is 11.3 Å². The first-order chi connectivity index (χ1) is 17.2. The maximum absolute atomic E-state index is 12.9. The number of nitrogens with zero attached hydrogens (tertiary/aromatic N) is 2. The zero-order valence-corrected chi connectivity index (χ0v) is 22.9. The van der Waals surface area contributed by atoms with E-state index in [2.05, 4.69) is 15.1 Å². The van der Waals surface area contributed by atoms with Crippen molar-refractivity contribution in [1.82, 2.24) is 9.80 Å². The van der Waals surface area contributed by atoms with Gasteiger partial charge in [-0.2, -0.15) is 0 Å². The van der Waals surface area contributed by atoms with Crippen LogP contribution in [0.1, 0.15) is 27.0 Å². The highest BCUT2D eigenvalue weighted by molar-refractivity contribution is 7.15. The van der Waals surface area contributed by atoms with Crippen LogP contribution in [0.15, 0.2) is 41.8 Å². The molecule has 0 bridgehead atoms. The van der Waals surface area contributed by atoms with Crippen molar-refractivity contribution < 1.29 is 14.3 Å². The van der Waals surface area contributed by atoms with Crippen molar-refractivity contribution in [2.75, 3.05) is 45.2 Å². The van der Waals surface area contributed by atoms with Crippen LogP contribution in [0.25, 0.3) is 11.1 Å². The lowest BCUT2D eigenvalue weighted by Gasteiger charge is -2.34. The topological polar surface area (TPSA) is 61.9 Å². The molecule has 1 aromatic heterocycles. The number of aryl methyl sites for hydroxylation is 2. The van der Waals surface area contributed by atoms with Gasteiger partial charge < -0.3 is 10.1 Å². The van der Waals surface area contributed by atoms with Crippen LogP contribution in [0, 0.1) is 13.8 Å². The minimum atomic E-state index is -0.460. The molecule has 190 valence electrons. The zero-order chi connectivity index (χ0) is 25.8. The molecule has 1 aliphatic heterocycles. The largest absolute Gasteiger partial charge is 0.465 e. The Kier molecular flexibility index (Phi) is 8.70. The fraction of sp³-hybridized carbons (Fsp3) is 0.333. The number of amides is 1. The molecule has 4 rings (SSSR count). The minimum Gasteiger partial charge on any atom is -0.465 e. The number of hydrogen-bond donors (Lipinski definition) is 1. The standard InChI is InChI=1S/C27H29Cl2N3O3S/c1-17-4-5-18(2)20(12-17)21-16-36-26(25(21)27(34)35-3)30-24(33)15-32-10-8-31(9-11-32)14-19-6-7-22(28)23(29)13-19/h4-7,12-13,16H,8-11,14-15H2,1-3H3,(H,30,33). The van der Waals surface area contributed by atoms with Crippen molar-refractivity contribution in [3.63, 3.8) is 0 Å². The van der Waals surface area contributed by atoms with E-state index in [-0.39, 0.29) is 12.5 Å². The van der Waals surface area contributed by atoms with Gasteiger partial charge in [0.25, 0.3) is 0 Å². The zero-order valence-electron chi connectivity index (χ0n) is 20.6. The molecule has 6 nitrogen and oxygen atoms in total. The minimum absolute atomic E-state index is 0.146. The molecular weight excluding hydrogens is 517 g/mol. The lowest BCUT2D eigenvalue weighted by Crippen LogP contribution is -2.48. The Morgan fingerprint density at radius 2 is 1.69 bits per heavy atom. The molecule has 0 spiro atoms. The van der Waals surface area contributed by atoms with Crippen molar-refractivity contribution in [2.24, 2.45) is 0 Å². The Morgan fingerprint density at radius 1 is 0.972 bits per heavy atom. The van der Waals surface area contributed by atoms with Gasteiger partial charge in [0.2, 0.25) is 5.91 Å². The lowest BCUT2D eigenvalue weighted by atomic mass is 9.97. The van der Waals surface area contributed by atoms with Crippen molar-refractivity contribution in [1.29, 1.82) is 0 Å². The average Bonchev–Trinajstić information content (AvgIpc) is 3.26. The third kappa shape index (κ3) is 6.28. The Labute approximate surface area is 225 Å². The first-order valence-electron chi connectivity index (χ1n) is 11.7. The van der Waals surface area contributed by atoms with Gasteiger partial charge in [0.1, 0.15) is 10.6 Å². The van der Waals surface area contributed by atoms with Gasteiger partial charge in [-0.05, 0) is 42.7 Å². The lowest BCUT2D eigenvalue weighted by molar-refractivity contribution is -0.117. The predicted molar refractivity (Wildman–Crippen MR) is 147 cm³/mol. The third-order valence-corrected chi connectivity index (χ3v) is 7.97. The number of rotatable bonds is 7. The number of thiophene rings is 1. The molecule has 0 saturated carbocycles. The van der Waals surface area contributed by atoms with Gasteiger partial charge in [0, 0.05) is 43.7 Å². The molecule has 0 aliphatic carbocycles. The fourth-order valence-electron chi connectivity index (χ4n) is 4.35. The molecule has 1 saturated heterocycles. The van der Waals surface area contributed by atoms with Crippen LogP contribution < -0.4 is 5.32 Å². The Balaban J connectivity index is 1.38. The normalized spacial score (nSPS) is 14.6. The number of anilines is 1.